The molecule has 120 valence electrons. The Morgan fingerprint density at radius 1 is 1.04 bits per heavy atom. The van der Waals surface area contributed by atoms with Crippen molar-refractivity contribution in [2.75, 3.05) is 6.61 Å². The van der Waals surface area contributed by atoms with Gasteiger partial charge < -0.3 is 4.74 Å². The summed E-state index contributed by atoms with van der Waals surface area (Å²) in [7, 11) is 0. The van der Waals surface area contributed by atoms with E-state index in [1.165, 1.54) is 31.2 Å². The summed E-state index contributed by atoms with van der Waals surface area (Å²) in [6.07, 6.45) is 1.59. The van der Waals surface area contributed by atoms with Gasteiger partial charge in [0.1, 0.15) is 9.88 Å². The second-order valence-electron chi connectivity index (χ2n) is 5.06. The number of hydrogen-bond acceptors (Lipinski definition) is 6. The van der Waals surface area contributed by atoms with Gasteiger partial charge >= 0.3 is 5.97 Å². The monoisotopic (exact) mass is 371 g/mol. The molecule has 3 aromatic heterocycles. The molecule has 0 fully saturated rings. The number of nitrogens with zero attached hydrogens (tertiary/aromatic N) is 1. The van der Waals surface area contributed by atoms with Gasteiger partial charge in [-0.25, -0.2) is 9.78 Å². The Morgan fingerprint density at radius 3 is 2.71 bits per heavy atom. The van der Waals surface area contributed by atoms with E-state index in [1.807, 2.05) is 0 Å². The average molecular weight is 372 g/mol. The van der Waals surface area contributed by atoms with E-state index >= 15 is 0 Å². The zero-order valence-electron chi connectivity index (χ0n) is 12.8. The third-order valence-corrected chi connectivity index (χ3v) is 7.01. The Morgan fingerprint density at radius 2 is 1.88 bits per heavy atom. The fraction of sp³-hybridized carbons (Fsp3) is 0.111. The molecular weight excluding hydrogens is 358 g/mol. The lowest BCUT2D eigenvalue weighted by molar-refractivity contribution is 0.0532. The molecule has 0 spiro atoms. The highest BCUT2D eigenvalue weighted by Crippen LogP contribution is 2.40. The van der Waals surface area contributed by atoms with Crippen LogP contribution < -0.4 is 0 Å². The van der Waals surface area contributed by atoms with Crippen molar-refractivity contribution in [1.29, 1.82) is 0 Å². The number of ether oxygens (including phenoxy) is 1. The third kappa shape index (κ3) is 2.88. The Balaban J connectivity index is 1.64. The minimum atomic E-state index is -0.303. The maximum atomic E-state index is 11.8. The molecule has 3 nitrogen and oxygen atoms in total. The topological polar surface area (TPSA) is 39.2 Å². The largest absolute Gasteiger partial charge is 0.462 e. The normalized spacial score (nSPS) is 11.0. The number of carbonyl (C=O) groups excluding carboxylic acids is 1. The van der Waals surface area contributed by atoms with Gasteiger partial charge in [0.05, 0.1) is 17.7 Å². The summed E-state index contributed by atoms with van der Waals surface area (Å²) in [5, 5.41) is 2.13. The number of fused-ring (bicyclic) bond motifs is 1. The van der Waals surface area contributed by atoms with Crippen molar-refractivity contribution in [3.8, 4) is 19.6 Å². The van der Waals surface area contributed by atoms with Crippen LogP contribution in [0.1, 0.15) is 16.6 Å². The van der Waals surface area contributed by atoms with E-state index in [4.69, 9.17) is 4.74 Å². The number of thiophene rings is 2. The molecule has 0 N–H and O–H groups in total. The van der Waals surface area contributed by atoms with Crippen molar-refractivity contribution < 1.29 is 9.53 Å². The number of thiazole rings is 1. The minimum Gasteiger partial charge on any atom is -0.462 e. The van der Waals surface area contributed by atoms with Gasteiger partial charge in [-0.3, -0.25) is 0 Å². The lowest BCUT2D eigenvalue weighted by Gasteiger charge is -1.95. The Kier molecular flexibility index (Phi) is 4.18. The van der Waals surface area contributed by atoms with Crippen LogP contribution in [-0.4, -0.2) is 17.6 Å². The Hall–Kier alpha value is -2.02. The number of rotatable bonds is 4. The average Bonchev–Trinajstić information content (AvgIpc) is 3.32. The van der Waals surface area contributed by atoms with Crippen molar-refractivity contribution >= 4 is 50.1 Å². The summed E-state index contributed by atoms with van der Waals surface area (Å²) in [4.78, 5) is 20.2. The molecule has 0 amide bonds. The molecule has 4 aromatic rings. The first-order valence-corrected chi connectivity index (χ1v) is 9.91. The van der Waals surface area contributed by atoms with E-state index in [1.54, 1.807) is 35.8 Å². The maximum Gasteiger partial charge on any atom is 0.349 e. The van der Waals surface area contributed by atoms with E-state index in [2.05, 4.69) is 47.4 Å². The van der Waals surface area contributed by atoms with E-state index < -0.39 is 0 Å². The molecule has 3 heterocycles. The molecule has 0 atom stereocenters. The zero-order chi connectivity index (χ0) is 16.5. The van der Waals surface area contributed by atoms with Crippen molar-refractivity contribution in [3.05, 3.63) is 53.5 Å². The highest BCUT2D eigenvalue weighted by molar-refractivity contribution is 7.28. The van der Waals surface area contributed by atoms with Crippen LogP contribution in [0.4, 0.5) is 0 Å². The number of carbonyl (C=O) groups is 1. The fourth-order valence-corrected chi connectivity index (χ4v) is 5.39. The smallest absolute Gasteiger partial charge is 0.349 e. The van der Waals surface area contributed by atoms with Crippen LogP contribution in [0.3, 0.4) is 0 Å². The van der Waals surface area contributed by atoms with Crippen molar-refractivity contribution in [1.82, 2.24) is 4.98 Å². The van der Waals surface area contributed by atoms with Gasteiger partial charge in [-0.05, 0) is 36.6 Å². The standard InChI is InChI=1S/C18H13NO2S3/c1-2-21-18(20)16-10-19-17(24-16)14-8-7-13(23-14)15-9-11-5-3-4-6-12(11)22-15/h3-10H,2H2,1H3. The fourth-order valence-electron chi connectivity index (χ4n) is 2.37. The molecule has 6 heteroatoms. The Labute approximate surface area is 151 Å². The predicted octanol–water partition coefficient (Wildman–Crippen LogP) is 5.93. The van der Waals surface area contributed by atoms with Crippen LogP contribution in [0.2, 0.25) is 0 Å². The first kappa shape index (κ1) is 15.5. The molecule has 0 radical (unpaired) electrons. The van der Waals surface area contributed by atoms with E-state index in [0.717, 1.165) is 9.88 Å². The van der Waals surface area contributed by atoms with Gasteiger partial charge in [0.15, 0.2) is 0 Å². The first-order valence-electron chi connectivity index (χ1n) is 7.46. The van der Waals surface area contributed by atoms with Crippen LogP contribution in [-0.2, 0) is 4.74 Å². The van der Waals surface area contributed by atoms with Crippen LogP contribution in [0.15, 0.2) is 48.7 Å². The third-order valence-electron chi connectivity index (χ3n) is 3.47. The van der Waals surface area contributed by atoms with Gasteiger partial charge in [0.2, 0.25) is 0 Å². The van der Waals surface area contributed by atoms with E-state index in [0.29, 0.717) is 11.5 Å². The molecular formula is C18H13NO2S3. The second kappa shape index (κ2) is 6.47. The highest BCUT2D eigenvalue weighted by atomic mass is 32.1. The van der Waals surface area contributed by atoms with Gasteiger partial charge in [-0.15, -0.1) is 34.0 Å². The van der Waals surface area contributed by atoms with Crippen LogP contribution >= 0.6 is 34.0 Å². The molecule has 1 aromatic carbocycles. The maximum absolute atomic E-state index is 11.8. The van der Waals surface area contributed by atoms with Crippen LogP contribution in [0, 0.1) is 0 Å². The molecule has 0 bridgehead atoms. The minimum absolute atomic E-state index is 0.303. The van der Waals surface area contributed by atoms with Gasteiger partial charge in [0, 0.05) is 14.5 Å². The number of esters is 1. The molecule has 0 saturated carbocycles. The van der Waals surface area contributed by atoms with Gasteiger partial charge in [0.25, 0.3) is 0 Å². The summed E-state index contributed by atoms with van der Waals surface area (Å²) in [5.41, 5.74) is 0. The van der Waals surface area contributed by atoms with Gasteiger partial charge in [-0.1, -0.05) is 18.2 Å². The zero-order valence-corrected chi connectivity index (χ0v) is 15.3. The lowest BCUT2D eigenvalue weighted by atomic mass is 10.2. The summed E-state index contributed by atoms with van der Waals surface area (Å²) in [6.45, 7) is 2.18. The van der Waals surface area contributed by atoms with Crippen LogP contribution in [0.25, 0.3) is 29.7 Å². The van der Waals surface area contributed by atoms with Crippen LogP contribution in [0.5, 0.6) is 0 Å². The summed E-state index contributed by atoms with van der Waals surface area (Å²) in [6, 6.07) is 14.8. The molecule has 0 aliphatic carbocycles. The molecule has 0 aliphatic rings. The number of hydrogen-bond donors (Lipinski definition) is 0. The van der Waals surface area contributed by atoms with E-state index in [-0.39, 0.29) is 5.97 Å². The number of benzene rings is 1. The number of aromatic nitrogens is 1. The molecule has 0 unspecified atom stereocenters. The Bertz CT molecular complexity index is 979. The first-order chi connectivity index (χ1) is 11.7. The van der Waals surface area contributed by atoms with Crippen molar-refractivity contribution in [2.24, 2.45) is 0 Å². The molecule has 0 aliphatic heterocycles. The summed E-state index contributed by atoms with van der Waals surface area (Å²) < 4.78 is 6.31. The lowest BCUT2D eigenvalue weighted by Crippen LogP contribution is -2.01. The molecule has 4 rings (SSSR count). The molecule has 24 heavy (non-hydrogen) atoms. The van der Waals surface area contributed by atoms with Crippen molar-refractivity contribution in [2.45, 2.75) is 6.92 Å². The second-order valence-corrected chi connectivity index (χ2v) is 8.26. The molecule has 0 saturated heterocycles. The van der Waals surface area contributed by atoms with Gasteiger partial charge in [-0.2, -0.15) is 0 Å². The van der Waals surface area contributed by atoms with Crippen molar-refractivity contribution in [3.63, 3.8) is 0 Å². The van der Waals surface area contributed by atoms with E-state index in [9.17, 15) is 4.79 Å². The highest BCUT2D eigenvalue weighted by Gasteiger charge is 2.15. The SMILES string of the molecule is CCOC(=O)c1cnc(-c2ccc(-c3cc4ccccc4s3)s2)s1. The summed E-state index contributed by atoms with van der Waals surface area (Å²) >= 11 is 4.87. The predicted molar refractivity (Wildman–Crippen MR) is 102 cm³/mol. The summed E-state index contributed by atoms with van der Waals surface area (Å²) in [5.74, 6) is -0.303. The quantitative estimate of drug-likeness (QED) is 0.417.